The van der Waals surface area contributed by atoms with Gasteiger partial charge in [0.05, 0.1) is 12.1 Å². The summed E-state index contributed by atoms with van der Waals surface area (Å²) < 4.78 is 0. The fraction of sp³-hybridized carbons (Fsp3) is 0.571. The van der Waals surface area contributed by atoms with E-state index in [9.17, 15) is 5.11 Å². The van der Waals surface area contributed by atoms with Gasteiger partial charge in [-0.15, -0.1) is 0 Å². The topological polar surface area (TPSA) is 99.8 Å². The number of nitrogens with zero attached hydrogens (tertiary/aromatic N) is 2. The van der Waals surface area contributed by atoms with Gasteiger partial charge in [-0.05, 0) is 6.42 Å². The summed E-state index contributed by atoms with van der Waals surface area (Å²) in [6.07, 6.45) is 7.89. The monoisotopic (exact) mass is 277 g/mol. The van der Waals surface area contributed by atoms with Crippen LogP contribution in [0.25, 0.3) is 11.0 Å². The standard InChI is InChI=1S/C14H23N5O/c1-2-3-4-5-11(8-20)16-6-10-7-17-13-12(10)18-9-19-14(13)15/h7,9,11,16-17,20H,2-6,8H2,1H3,(H2,15,18,19)/t11-/m0/s1. The van der Waals surface area contributed by atoms with Crippen molar-refractivity contribution in [2.75, 3.05) is 12.3 Å². The lowest BCUT2D eigenvalue weighted by Gasteiger charge is -2.15. The Morgan fingerprint density at radius 1 is 1.40 bits per heavy atom. The molecule has 0 unspecified atom stereocenters. The summed E-state index contributed by atoms with van der Waals surface area (Å²) in [7, 11) is 0. The molecule has 20 heavy (non-hydrogen) atoms. The van der Waals surface area contributed by atoms with Crippen molar-refractivity contribution in [1.29, 1.82) is 0 Å². The quantitative estimate of drug-likeness (QED) is 0.549. The third-order valence-corrected chi connectivity index (χ3v) is 3.53. The van der Waals surface area contributed by atoms with Crippen molar-refractivity contribution in [3.05, 3.63) is 18.1 Å². The van der Waals surface area contributed by atoms with Gasteiger partial charge in [-0.3, -0.25) is 0 Å². The predicted molar refractivity (Wildman–Crippen MR) is 80.2 cm³/mol. The first-order valence-electron chi connectivity index (χ1n) is 7.17. The molecule has 2 aromatic rings. The van der Waals surface area contributed by atoms with E-state index < -0.39 is 0 Å². The van der Waals surface area contributed by atoms with E-state index in [2.05, 4.69) is 27.2 Å². The summed E-state index contributed by atoms with van der Waals surface area (Å²) in [5, 5.41) is 12.8. The molecule has 0 aliphatic heterocycles. The number of nitrogens with two attached hydrogens (primary N) is 1. The molecule has 0 radical (unpaired) electrons. The van der Waals surface area contributed by atoms with Gasteiger partial charge in [0.25, 0.3) is 0 Å². The lowest BCUT2D eigenvalue weighted by Crippen LogP contribution is -2.31. The van der Waals surface area contributed by atoms with Crippen LogP contribution < -0.4 is 11.1 Å². The van der Waals surface area contributed by atoms with Crippen LogP contribution in [0, 0.1) is 0 Å². The van der Waals surface area contributed by atoms with E-state index >= 15 is 0 Å². The fourth-order valence-electron chi connectivity index (χ4n) is 2.30. The zero-order valence-corrected chi connectivity index (χ0v) is 11.9. The van der Waals surface area contributed by atoms with E-state index in [0.29, 0.717) is 12.4 Å². The maximum atomic E-state index is 9.40. The number of nitrogens with one attached hydrogen (secondary N) is 2. The lowest BCUT2D eigenvalue weighted by molar-refractivity contribution is 0.232. The van der Waals surface area contributed by atoms with Crippen LogP contribution in [0.4, 0.5) is 5.82 Å². The molecule has 2 rings (SSSR count). The highest BCUT2D eigenvalue weighted by atomic mass is 16.3. The molecule has 2 aromatic heterocycles. The number of aliphatic hydroxyl groups excluding tert-OH is 1. The summed E-state index contributed by atoms with van der Waals surface area (Å²) in [4.78, 5) is 11.3. The Balaban J connectivity index is 1.96. The SMILES string of the molecule is CCCCC[C@@H](CO)NCc1c[nH]c2c(N)ncnc12. The number of nitrogen functional groups attached to an aromatic ring is 1. The van der Waals surface area contributed by atoms with Crippen LogP contribution in [0.5, 0.6) is 0 Å². The highest BCUT2D eigenvalue weighted by Crippen LogP contribution is 2.19. The normalized spacial score (nSPS) is 12.9. The van der Waals surface area contributed by atoms with Gasteiger partial charge in [0, 0.05) is 24.3 Å². The number of H-pyrrole nitrogens is 1. The fourth-order valence-corrected chi connectivity index (χ4v) is 2.30. The molecule has 0 aromatic carbocycles. The second kappa shape index (κ2) is 7.21. The minimum absolute atomic E-state index is 0.130. The molecule has 2 heterocycles. The van der Waals surface area contributed by atoms with Crippen molar-refractivity contribution in [2.24, 2.45) is 0 Å². The third kappa shape index (κ3) is 3.46. The van der Waals surface area contributed by atoms with Crippen molar-refractivity contribution >= 4 is 16.9 Å². The highest BCUT2D eigenvalue weighted by molar-refractivity contribution is 5.86. The number of aliphatic hydroxyl groups is 1. The number of hydrogen-bond acceptors (Lipinski definition) is 5. The molecule has 0 spiro atoms. The van der Waals surface area contributed by atoms with Gasteiger partial charge >= 0.3 is 0 Å². The number of anilines is 1. The average Bonchev–Trinajstić information content (AvgIpc) is 2.87. The second-order valence-corrected chi connectivity index (χ2v) is 5.05. The number of aromatic amines is 1. The minimum atomic E-state index is 0.130. The Morgan fingerprint density at radius 3 is 3.00 bits per heavy atom. The largest absolute Gasteiger partial charge is 0.395 e. The third-order valence-electron chi connectivity index (χ3n) is 3.53. The molecule has 0 saturated carbocycles. The van der Waals surface area contributed by atoms with Crippen LogP contribution in [0.15, 0.2) is 12.5 Å². The molecule has 110 valence electrons. The average molecular weight is 277 g/mol. The Labute approximate surface area is 118 Å². The molecule has 0 aliphatic rings. The molecule has 0 saturated heterocycles. The Kier molecular flexibility index (Phi) is 5.31. The number of hydrogen-bond donors (Lipinski definition) is 4. The zero-order valence-electron chi connectivity index (χ0n) is 11.9. The minimum Gasteiger partial charge on any atom is -0.395 e. The van der Waals surface area contributed by atoms with Crippen molar-refractivity contribution in [3.8, 4) is 0 Å². The number of rotatable bonds is 8. The molecular weight excluding hydrogens is 254 g/mol. The van der Waals surface area contributed by atoms with Crippen LogP contribution in [0.2, 0.25) is 0 Å². The Morgan fingerprint density at radius 2 is 2.25 bits per heavy atom. The maximum Gasteiger partial charge on any atom is 0.151 e. The first kappa shape index (κ1) is 14.7. The Bertz CT molecular complexity index is 539. The molecule has 0 amide bonds. The molecule has 6 heteroatoms. The Hall–Kier alpha value is -1.66. The van der Waals surface area contributed by atoms with E-state index in [-0.39, 0.29) is 12.6 Å². The molecule has 5 N–H and O–H groups in total. The molecular formula is C14H23N5O. The molecule has 0 aliphatic carbocycles. The summed E-state index contributed by atoms with van der Waals surface area (Å²) in [5.74, 6) is 0.461. The predicted octanol–water partition coefficient (Wildman–Crippen LogP) is 1.57. The van der Waals surface area contributed by atoms with Crippen LogP contribution >= 0.6 is 0 Å². The maximum absolute atomic E-state index is 9.40. The van der Waals surface area contributed by atoms with E-state index in [1.165, 1.54) is 19.2 Å². The van der Waals surface area contributed by atoms with Crippen LogP contribution in [-0.2, 0) is 6.54 Å². The summed E-state index contributed by atoms with van der Waals surface area (Å²) in [5.41, 5.74) is 8.45. The number of fused-ring (bicyclic) bond motifs is 1. The van der Waals surface area contributed by atoms with Crippen molar-refractivity contribution in [3.63, 3.8) is 0 Å². The van der Waals surface area contributed by atoms with Crippen LogP contribution in [0.1, 0.15) is 38.2 Å². The molecule has 0 fully saturated rings. The molecule has 0 bridgehead atoms. The van der Waals surface area contributed by atoms with Gasteiger partial charge in [-0.25, -0.2) is 9.97 Å². The van der Waals surface area contributed by atoms with E-state index in [1.54, 1.807) is 0 Å². The van der Waals surface area contributed by atoms with Gasteiger partial charge in [-0.2, -0.15) is 0 Å². The van der Waals surface area contributed by atoms with Gasteiger partial charge in [0.2, 0.25) is 0 Å². The lowest BCUT2D eigenvalue weighted by atomic mass is 10.1. The summed E-state index contributed by atoms with van der Waals surface area (Å²) in [6.45, 7) is 2.99. The van der Waals surface area contributed by atoms with E-state index in [4.69, 9.17) is 5.73 Å². The van der Waals surface area contributed by atoms with Gasteiger partial charge in [-0.1, -0.05) is 26.2 Å². The first-order valence-corrected chi connectivity index (χ1v) is 7.17. The van der Waals surface area contributed by atoms with Crippen LogP contribution in [0.3, 0.4) is 0 Å². The molecule has 6 nitrogen and oxygen atoms in total. The van der Waals surface area contributed by atoms with Crippen molar-refractivity contribution in [2.45, 2.75) is 45.2 Å². The zero-order chi connectivity index (χ0) is 14.4. The second-order valence-electron chi connectivity index (χ2n) is 5.05. The van der Waals surface area contributed by atoms with Crippen molar-refractivity contribution in [1.82, 2.24) is 20.3 Å². The number of aromatic nitrogens is 3. The van der Waals surface area contributed by atoms with Crippen molar-refractivity contribution < 1.29 is 5.11 Å². The van der Waals surface area contributed by atoms with Gasteiger partial charge in [0.1, 0.15) is 11.8 Å². The smallest absolute Gasteiger partial charge is 0.151 e. The first-order chi connectivity index (χ1) is 9.76. The van der Waals surface area contributed by atoms with Gasteiger partial charge < -0.3 is 21.1 Å². The van der Waals surface area contributed by atoms with E-state index in [0.717, 1.165) is 29.4 Å². The molecule has 1 atom stereocenters. The highest BCUT2D eigenvalue weighted by Gasteiger charge is 2.11. The van der Waals surface area contributed by atoms with E-state index in [1.807, 2.05) is 6.20 Å². The van der Waals surface area contributed by atoms with Gasteiger partial charge in [0.15, 0.2) is 5.82 Å². The number of unbranched alkanes of at least 4 members (excludes halogenated alkanes) is 2. The van der Waals surface area contributed by atoms with Crippen LogP contribution in [-0.4, -0.2) is 32.7 Å². The summed E-state index contributed by atoms with van der Waals surface area (Å²) >= 11 is 0. The summed E-state index contributed by atoms with van der Waals surface area (Å²) in [6, 6.07) is 0.130.